The van der Waals surface area contributed by atoms with Gasteiger partial charge in [0.15, 0.2) is 5.65 Å². The Morgan fingerprint density at radius 1 is 1.26 bits per heavy atom. The van der Waals surface area contributed by atoms with E-state index in [0.29, 0.717) is 41.7 Å². The van der Waals surface area contributed by atoms with Gasteiger partial charge in [-0.1, -0.05) is 11.6 Å². The molecular formula is C21H22ClFN6O2. The summed E-state index contributed by atoms with van der Waals surface area (Å²) in [7, 11) is 0. The second-order valence-electron chi connectivity index (χ2n) is 7.95. The molecular weight excluding hydrogens is 423 g/mol. The first-order valence-corrected chi connectivity index (χ1v) is 10.7. The number of likely N-dealkylation sites (tertiary alicyclic amines) is 1. The molecule has 2 N–H and O–H groups in total. The molecule has 2 amide bonds. The summed E-state index contributed by atoms with van der Waals surface area (Å²) in [5, 5.41) is 17.3. The first-order valence-electron chi connectivity index (χ1n) is 10.3. The van der Waals surface area contributed by atoms with E-state index in [9.17, 15) is 14.3 Å². The van der Waals surface area contributed by atoms with Crippen LogP contribution in [0.4, 0.5) is 20.7 Å². The molecule has 0 bridgehead atoms. The number of aliphatic hydroxyl groups excluding tert-OH is 1. The minimum absolute atomic E-state index is 0.0785. The SMILES string of the molecule is O=C(Nc1cnn2ccc(N3CCC[C@@H]3c3cc(F)ccc3Cl)nc12)N1CC[C@H](O)C1. The van der Waals surface area contributed by atoms with Gasteiger partial charge in [-0.05, 0) is 49.1 Å². The molecule has 0 unspecified atom stereocenters. The molecule has 1 aromatic carbocycles. The van der Waals surface area contributed by atoms with Gasteiger partial charge in [-0.25, -0.2) is 18.7 Å². The van der Waals surface area contributed by atoms with Crippen molar-refractivity contribution in [2.24, 2.45) is 0 Å². The largest absolute Gasteiger partial charge is 0.391 e. The highest BCUT2D eigenvalue weighted by Gasteiger charge is 2.30. The number of β-amino-alcohol motifs (C(OH)–C–C–N with tert-alkyl or cyclic N) is 1. The fraction of sp³-hybridized carbons (Fsp3) is 0.381. The number of carbonyl (C=O) groups is 1. The smallest absolute Gasteiger partial charge is 0.322 e. The van der Waals surface area contributed by atoms with E-state index in [0.717, 1.165) is 24.9 Å². The fourth-order valence-corrected chi connectivity index (χ4v) is 4.61. The number of urea groups is 1. The Labute approximate surface area is 183 Å². The first kappa shape index (κ1) is 20.0. The highest BCUT2D eigenvalue weighted by molar-refractivity contribution is 6.31. The Morgan fingerprint density at radius 3 is 2.94 bits per heavy atom. The van der Waals surface area contributed by atoms with Gasteiger partial charge < -0.3 is 20.2 Å². The number of benzene rings is 1. The van der Waals surface area contributed by atoms with Crippen LogP contribution in [0.1, 0.15) is 30.9 Å². The molecule has 2 saturated heterocycles. The van der Waals surface area contributed by atoms with Gasteiger partial charge in [-0.2, -0.15) is 5.10 Å². The zero-order chi connectivity index (χ0) is 21.5. The molecule has 10 heteroatoms. The van der Waals surface area contributed by atoms with Crippen LogP contribution in [0.5, 0.6) is 0 Å². The Morgan fingerprint density at radius 2 is 2.13 bits per heavy atom. The average molecular weight is 445 g/mol. The van der Waals surface area contributed by atoms with Crippen LogP contribution in [-0.4, -0.2) is 56.4 Å². The number of carbonyl (C=O) groups excluding carboxylic acids is 1. The number of aliphatic hydroxyl groups is 1. The van der Waals surface area contributed by atoms with Crippen LogP contribution in [0, 0.1) is 5.82 Å². The quantitative estimate of drug-likeness (QED) is 0.646. The number of nitrogens with zero attached hydrogens (tertiary/aromatic N) is 5. The van der Waals surface area contributed by atoms with Crippen LogP contribution >= 0.6 is 11.6 Å². The molecule has 0 saturated carbocycles. The lowest BCUT2D eigenvalue weighted by molar-refractivity contribution is 0.176. The maximum Gasteiger partial charge on any atom is 0.322 e. The number of halogens is 2. The minimum Gasteiger partial charge on any atom is -0.391 e. The van der Waals surface area contributed by atoms with Crippen LogP contribution in [0.3, 0.4) is 0 Å². The maximum atomic E-state index is 13.9. The lowest BCUT2D eigenvalue weighted by Crippen LogP contribution is -2.33. The number of rotatable bonds is 3. The molecule has 2 aromatic heterocycles. The number of aromatic nitrogens is 3. The lowest BCUT2D eigenvalue weighted by Gasteiger charge is -2.27. The van der Waals surface area contributed by atoms with Crippen molar-refractivity contribution in [3.63, 3.8) is 0 Å². The van der Waals surface area contributed by atoms with Crippen molar-refractivity contribution in [2.75, 3.05) is 29.9 Å². The van der Waals surface area contributed by atoms with Gasteiger partial charge in [0.25, 0.3) is 0 Å². The Bertz CT molecular complexity index is 1140. The number of anilines is 2. The third-order valence-electron chi connectivity index (χ3n) is 5.91. The second kappa shape index (κ2) is 7.97. The van der Waals surface area contributed by atoms with E-state index < -0.39 is 6.10 Å². The zero-order valence-corrected chi connectivity index (χ0v) is 17.5. The Kier molecular flexibility index (Phi) is 5.15. The van der Waals surface area contributed by atoms with Gasteiger partial charge in [0.05, 0.1) is 18.3 Å². The molecule has 8 nitrogen and oxygen atoms in total. The molecule has 0 spiro atoms. The van der Waals surface area contributed by atoms with Gasteiger partial charge in [-0.15, -0.1) is 0 Å². The van der Waals surface area contributed by atoms with E-state index in [-0.39, 0.29) is 17.9 Å². The maximum absolute atomic E-state index is 13.9. The number of hydrogen-bond acceptors (Lipinski definition) is 5. The molecule has 4 heterocycles. The summed E-state index contributed by atoms with van der Waals surface area (Å²) in [6.45, 7) is 1.59. The topological polar surface area (TPSA) is 86.0 Å². The molecule has 2 aliphatic heterocycles. The third kappa shape index (κ3) is 3.79. The van der Waals surface area contributed by atoms with Gasteiger partial charge in [0, 0.05) is 30.9 Å². The normalized spacial score (nSPS) is 21.3. The lowest BCUT2D eigenvalue weighted by atomic mass is 10.0. The van der Waals surface area contributed by atoms with Crippen molar-refractivity contribution in [3.05, 3.63) is 53.1 Å². The average Bonchev–Trinajstić information content (AvgIpc) is 3.49. The second-order valence-corrected chi connectivity index (χ2v) is 8.36. The van der Waals surface area contributed by atoms with E-state index in [1.54, 1.807) is 27.9 Å². The summed E-state index contributed by atoms with van der Waals surface area (Å²) in [6, 6.07) is 5.91. The Hall–Kier alpha value is -2.91. The van der Waals surface area contributed by atoms with Gasteiger partial charge >= 0.3 is 6.03 Å². The van der Waals surface area contributed by atoms with E-state index in [2.05, 4.69) is 15.3 Å². The molecule has 0 radical (unpaired) electrons. The Balaban J connectivity index is 1.43. The summed E-state index contributed by atoms with van der Waals surface area (Å²) < 4.78 is 15.5. The molecule has 162 valence electrons. The van der Waals surface area contributed by atoms with E-state index in [1.807, 2.05) is 6.07 Å². The van der Waals surface area contributed by atoms with Crippen molar-refractivity contribution >= 4 is 34.8 Å². The predicted octanol–water partition coefficient (Wildman–Crippen LogP) is 3.46. The molecule has 31 heavy (non-hydrogen) atoms. The van der Waals surface area contributed by atoms with Crippen LogP contribution < -0.4 is 10.2 Å². The zero-order valence-electron chi connectivity index (χ0n) is 16.7. The van der Waals surface area contributed by atoms with Crippen molar-refractivity contribution < 1.29 is 14.3 Å². The number of hydrogen-bond donors (Lipinski definition) is 2. The standard InChI is InChI=1S/C21H22ClFN6O2/c22-16-4-3-13(23)10-15(16)18-2-1-7-28(18)19-6-9-29-20(26-19)17(11-24-29)25-21(31)27-8-5-14(30)12-27/h3-4,6,9-11,14,18,30H,1-2,5,7-8,12H2,(H,25,31)/t14-,18+/m0/s1. The molecule has 0 aliphatic carbocycles. The van der Waals surface area contributed by atoms with Crippen LogP contribution in [0.25, 0.3) is 5.65 Å². The summed E-state index contributed by atoms with van der Waals surface area (Å²) in [6.07, 6.45) is 5.21. The van der Waals surface area contributed by atoms with Gasteiger partial charge in [-0.3, -0.25) is 0 Å². The first-order chi connectivity index (χ1) is 15.0. The van der Waals surface area contributed by atoms with E-state index in [1.165, 1.54) is 12.1 Å². The summed E-state index contributed by atoms with van der Waals surface area (Å²) in [5.74, 6) is 0.394. The molecule has 3 aromatic rings. The highest BCUT2D eigenvalue weighted by Crippen LogP contribution is 2.38. The van der Waals surface area contributed by atoms with E-state index in [4.69, 9.17) is 16.6 Å². The van der Waals surface area contributed by atoms with Gasteiger partial charge in [0.1, 0.15) is 17.3 Å². The van der Waals surface area contributed by atoms with Crippen molar-refractivity contribution in [2.45, 2.75) is 31.4 Å². The summed E-state index contributed by atoms with van der Waals surface area (Å²) in [5.41, 5.74) is 1.75. The van der Waals surface area contributed by atoms with Crippen LogP contribution in [-0.2, 0) is 0 Å². The van der Waals surface area contributed by atoms with Crippen molar-refractivity contribution in [1.82, 2.24) is 19.5 Å². The number of amides is 2. The number of nitrogens with one attached hydrogen (secondary N) is 1. The fourth-order valence-electron chi connectivity index (χ4n) is 4.36. The van der Waals surface area contributed by atoms with Crippen molar-refractivity contribution in [3.8, 4) is 0 Å². The molecule has 2 atom stereocenters. The summed E-state index contributed by atoms with van der Waals surface area (Å²) in [4.78, 5) is 21.0. The molecule has 2 aliphatic rings. The third-order valence-corrected chi connectivity index (χ3v) is 6.25. The van der Waals surface area contributed by atoms with Crippen molar-refractivity contribution in [1.29, 1.82) is 0 Å². The number of fused-ring (bicyclic) bond motifs is 1. The highest BCUT2D eigenvalue weighted by atomic mass is 35.5. The van der Waals surface area contributed by atoms with Gasteiger partial charge in [0.2, 0.25) is 0 Å². The predicted molar refractivity (Wildman–Crippen MR) is 115 cm³/mol. The van der Waals surface area contributed by atoms with E-state index >= 15 is 0 Å². The van der Waals surface area contributed by atoms with Crippen LogP contribution in [0.15, 0.2) is 36.7 Å². The molecule has 5 rings (SSSR count). The summed E-state index contributed by atoms with van der Waals surface area (Å²) >= 11 is 6.36. The minimum atomic E-state index is -0.485. The molecule has 2 fully saturated rings. The monoisotopic (exact) mass is 444 g/mol. The van der Waals surface area contributed by atoms with Crippen LogP contribution in [0.2, 0.25) is 5.02 Å².